The van der Waals surface area contributed by atoms with Crippen LogP contribution in [-0.2, 0) is 6.54 Å². The molecule has 0 aliphatic heterocycles. The first-order chi connectivity index (χ1) is 10.1. The lowest BCUT2D eigenvalue weighted by Crippen LogP contribution is -2.31. The van der Waals surface area contributed by atoms with Crippen molar-refractivity contribution in [3.63, 3.8) is 0 Å². The fourth-order valence-electron chi connectivity index (χ4n) is 2.19. The number of hydrogen-bond donors (Lipinski definition) is 1. The Morgan fingerprint density at radius 3 is 2.52 bits per heavy atom. The Labute approximate surface area is 126 Å². The van der Waals surface area contributed by atoms with E-state index in [2.05, 4.69) is 23.7 Å². The minimum absolute atomic E-state index is 0.316. The first-order valence-electron chi connectivity index (χ1n) is 7.30. The molecule has 21 heavy (non-hydrogen) atoms. The van der Waals surface area contributed by atoms with E-state index >= 15 is 0 Å². The van der Waals surface area contributed by atoms with Crippen LogP contribution < -0.4 is 15.4 Å². The third-order valence-corrected chi connectivity index (χ3v) is 3.28. The molecule has 0 aliphatic carbocycles. The van der Waals surface area contributed by atoms with E-state index in [9.17, 15) is 0 Å². The van der Waals surface area contributed by atoms with Crippen LogP contribution in [0.15, 0.2) is 42.6 Å². The van der Waals surface area contributed by atoms with Gasteiger partial charge >= 0.3 is 0 Å². The molecule has 2 aromatic rings. The molecule has 1 heterocycles. The highest BCUT2D eigenvalue weighted by atomic mass is 16.5. The summed E-state index contributed by atoms with van der Waals surface area (Å²) in [4.78, 5) is 6.74. The van der Waals surface area contributed by atoms with Crippen LogP contribution in [-0.4, -0.2) is 17.6 Å². The van der Waals surface area contributed by atoms with Crippen LogP contribution in [0.1, 0.15) is 26.3 Å². The number of nitrogens with two attached hydrogens (primary N) is 1. The lowest BCUT2D eigenvalue weighted by Gasteiger charge is -2.29. The van der Waals surface area contributed by atoms with Gasteiger partial charge in [-0.25, -0.2) is 4.98 Å². The Morgan fingerprint density at radius 1 is 1.19 bits per heavy atom. The van der Waals surface area contributed by atoms with Crippen molar-refractivity contribution in [3.05, 3.63) is 48.2 Å². The number of rotatable bonds is 6. The zero-order valence-corrected chi connectivity index (χ0v) is 12.9. The number of ether oxygens (including phenoxy) is 1. The van der Waals surface area contributed by atoms with Gasteiger partial charge in [0, 0.05) is 24.5 Å². The molecule has 0 fully saturated rings. The number of anilines is 2. The average molecular weight is 285 g/mol. The van der Waals surface area contributed by atoms with Gasteiger partial charge in [0.2, 0.25) is 0 Å². The quantitative estimate of drug-likeness (QED) is 0.826. The Bertz CT molecular complexity index is 567. The molecular formula is C17H23N3O. The molecule has 0 aliphatic rings. The fourth-order valence-corrected chi connectivity index (χ4v) is 2.19. The Morgan fingerprint density at radius 2 is 1.90 bits per heavy atom. The molecule has 1 aromatic carbocycles. The summed E-state index contributed by atoms with van der Waals surface area (Å²) in [5.41, 5.74) is 7.73. The van der Waals surface area contributed by atoms with Crippen LogP contribution >= 0.6 is 0 Å². The molecule has 0 amide bonds. The second kappa shape index (κ2) is 6.97. The summed E-state index contributed by atoms with van der Waals surface area (Å²) < 4.78 is 5.70. The van der Waals surface area contributed by atoms with E-state index in [0.29, 0.717) is 12.6 Å². The fraction of sp³-hybridized carbons (Fsp3) is 0.353. The normalized spacial score (nSPS) is 10.7. The maximum absolute atomic E-state index is 5.75. The average Bonchev–Trinajstić information content (AvgIpc) is 2.47. The van der Waals surface area contributed by atoms with Crippen LogP contribution in [0.25, 0.3) is 0 Å². The summed E-state index contributed by atoms with van der Waals surface area (Å²) in [6, 6.07) is 12.1. The van der Waals surface area contributed by atoms with Gasteiger partial charge in [0.05, 0.1) is 6.61 Å². The van der Waals surface area contributed by atoms with Crippen LogP contribution in [0.3, 0.4) is 0 Å². The highest BCUT2D eigenvalue weighted by Crippen LogP contribution is 2.28. The maximum atomic E-state index is 5.75. The van der Waals surface area contributed by atoms with E-state index in [-0.39, 0.29) is 0 Å². The number of benzene rings is 1. The number of nitrogen functional groups attached to an aromatic ring is 1. The molecule has 0 radical (unpaired) electrons. The monoisotopic (exact) mass is 285 g/mol. The summed E-state index contributed by atoms with van der Waals surface area (Å²) in [6.07, 6.45) is 1.80. The van der Waals surface area contributed by atoms with Crippen molar-refractivity contribution < 1.29 is 4.74 Å². The van der Waals surface area contributed by atoms with E-state index in [1.54, 1.807) is 6.20 Å². The third-order valence-electron chi connectivity index (χ3n) is 3.28. The van der Waals surface area contributed by atoms with Gasteiger partial charge < -0.3 is 15.4 Å². The molecule has 0 saturated carbocycles. The van der Waals surface area contributed by atoms with E-state index in [0.717, 1.165) is 23.8 Å². The highest BCUT2D eigenvalue weighted by Gasteiger charge is 2.17. The molecule has 0 unspecified atom stereocenters. The van der Waals surface area contributed by atoms with E-state index in [1.807, 2.05) is 43.3 Å². The van der Waals surface area contributed by atoms with Crippen molar-refractivity contribution in [1.29, 1.82) is 0 Å². The summed E-state index contributed by atoms with van der Waals surface area (Å²) in [6.45, 7) is 7.70. The van der Waals surface area contributed by atoms with Crippen LogP contribution in [0, 0.1) is 0 Å². The van der Waals surface area contributed by atoms with Crippen molar-refractivity contribution in [1.82, 2.24) is 4.98 Å². The molecule has 4 heteroatoms. The summed E-state index contributed by atoms with van der Waals surface area (Å²) in [5, 5.41) is 0. The summed E-state index contributed by atoms with van der Waals surface area (Å²) >= 11 is 0. The Kier molecular flexibility index (Phi) is 5.04. The smallest absolute Gasteiger partial charge is 0.171 e. The van der Waals surface area contributed by atoms with Gasteiger partial charge in [0.1, 0.15) is 0 Å². The molecule has 112 valence electrons. The summed E-state index contributed by atoms with van der Waals surface area (Å²) in [7, 11) is 0. The zero-order chi connectivity index (χ0) is 15.2. The van der Waals surface area contributed by atoms with Gasteiger partial charge in [-0.2, -0.15) is 0 Å². The second-order valence-corrected chi connectivity index (χ2v) is 5.22. The van der Waals surface area contributed by atoms with Crippen molar-refractivity contribution >= 4 is 11.5 Å². The highest BCUT2D eigenvalue weighted by molar-refractivity contribution is 5.53. The molecule has 0 spiro atoms. The van der Waals surface area contributed by atoms with E-state index < -0.39 is 0 Å². The largest absolute Gasteiger partial charge is 0.490 e. The zero-order valence-electron chi connectivity index (χ0n) is 12.9. The minimum Gasteiger partial charge on any atom is -0.490 e. The molecule has 0 bridgehead atoms. The van der Waals surface area contributed by atoms with Gasteiger partial charge in [-0.3, -0.25) is 0 Å². The molecule has 0 atom stereocenters. The van der Waals surface area contributed by atoms with Crippen molar-refractivity contribution in [2.45, 2.75) is 33.4 Å². The lowest BCUT2D eigenvalue weighted by molar-refractivity contribution is 0.338. The summed E-state index contributed by atoms with van der Waals surface area (Å²) in [5.74, 6) is 1.70. The predicted octanol–water partition coefficient (Wildman–Crippen LogP) is 3.48. The predicted molar refractivity (Wildman–Crippen MR) is 87.6 cm³/mol. The van der Waals surface area contributed by atoms with E-state index in [4.69, 9.17) is 10.5 Å². The Hall–Kier alpha value is -2.23. The number of pyridine rings is 1. The first-order valence-corrected chi connectivity index (χ1v) is 7.30. The lowest BCUT2D eigenvalue weighted by atomic mass is 10.1. The first kappa shape index (κ1) is 15.2. The number of hydrogen-bond acceptors (Lipinski definition) is 4. The van der Waals surface area contributed by atoms with Crippen LogP contribution in [0.5, 0.6) is 5.75 Å². The van der Waals surface area contributed by atoms with Crippen molar-refractivity contribution in [3.8, 4) is 5.75 Å². The van der Waals surface area contributed by atoms with Crippen molar-refractivity contribution in [2.75, 3.05) is 17.2 Å². The van der Waals surface area contributed by atoms with Crippen molar-refractivity contribution in [2.24, 2.45) is 0 Å². The van der Waals surface area contributed by atoms with Gasteiger partial charge in [0.25, 0.3) is 0 Å². The Balaban J connectivity index is 2.29. The van der Waals surface area contributed by atoms with Crippen LogP contribution in [0.2, 0.25) is 0 Å². The second-order valence-electron chi connectivity index (χ2n) is 5.22. The molecule has 2 rings (SSSR count). The van der Waals surface area contributed by atoms with Gasteiger partial charge in [-0.05, 0) is 50.6 Å². The molecule has 1 aromatic heterocycles. The number of aromatic nitrogens is 1. The molecule has 2 N–H and O–H groups in total. The van der Waals surface area contributed by atoms with E-state index in [1.165, 1.54) is 5.56 Å². The topological polar surface area (TPSA) is 51.4 Å². The third kappa shape index (κ3) is 3.88. The number of nitrogens with zero attached hydrogens (tertiary/aromatic N) is 2. The van der Waals surface area contributed by atoms with Gasteiger partial charge in [-0.1, -0.05) is 12.1 Å². The molecular weight excluding hydrogens is 262 g/mol. The molecule has 0 saturated heterocycles. The SMILES string of the molecule is CCOc1cccnc1N(Cc1ccc(N)cc1)C(C)C. The van der Waals surface area contributed by atoms with Gasteiger partial charge in [-0.15, -0.1) is 0 Å². The van der Waals surface area contributed by atoms with Gasteiger partial charge in [0.15, 0.2) is 11.6 Å². The minimum atomic E-state index is 0.316. The van der Waals surface area contributed by atoms with Crippen LogP contribution in [0.4, 0.5) is 11.5 Å². The maximum Gasteiger partial charge on any atom is 0.171 e. The standard InChI is InChI=1S/C17H23N3O/c1-4-21-16-6-5-11-19-17(16)20(13(2)3)12-14-7-9-15(18)10-8-14/h5-11,13H,4,12,18H2,1-3H3. The molecule has 4 nitrogen and oxygen atoms in total.